The molecule has 0 heterocycles. The Balaban J connectivity index is 1.84. The van der Waals surface area contributed by atoms with Gasteiger partial charge >= 0.3 is 0 Å². The fraction of sp³-hybridized carbons (Fsp3) is 0.647. The molecule has 0 atom stereocenters. The van der Waals surface area contributed by atoms with Crippen LogP contribution in [-0.2, 0) is 6.54 Å². The van der Waals surface area contributed by atoms with Crippen LogP contribution >= 0.6 is 11.8 Å². The van der Waals surface area contributed by atoms with E-state index in [0.717, 1.165) is 12.5 Å². The lowest BCUT2D eigenvalue weighted by molar-refractivity contribution is 0.424. The minimum Gasteiger partial charge on any atom is -0.308 e. The number of hydrogen-bond acceptors (Lipinski definition) is 2. The zero-order valence-corrected chi connectivity index (χ0v) is 13.4. The molecule has 0 aliphatic heterocycles. The van der Waals surface area contributed by atoms with Gasteiger partial charge in [-0.1, -0.05) is 25.0 Å². The van der Waals surface area contributed by atoms with Gasteiger partial charge in [-0.2, -0.15) is 0 Å². The van der Waals surface area contributed by atoms with Crippen LogP contribution in [0.2, 0.25) is 0 Å². The lowest BCUT2D eigenvalue weighted by Crippen LogP contribution is -2.35. The van der Waals surface area contributed by atoms with Gasteiger partial charge in [-0.25, -0.2) is 0 Å². The van der Waals surface area contributed by atoms with Crippen LogP contribution in [0.5, 0.6) is 0 Å². The van der Waals surface area contributed by atoms with Crippen LogP contribution in [0.15, 0.2) is 29.2 Å². The molecule has 2 heteroatoms. The van der Waals surface area contributed by atoms with E-state index in [9.17, 15) is 0 Å². The van der Waals surface area contributed by atoms with Crippen molar-refractivity contribution in [3.8, 4) is 0 Å². The van der Waals surface area contributed by atoms with E-state index in [4.69, 9.17) is 0 Å². The molecule has 1 aromatic carbocycles. The van der Waals surface area contributed by atoms with E-state index in [1.54, 1.807) is 0 Å². The number of rotatable bonds is 5. The molecular formula is C17H27NS. The van der Waals surface area contributed by atoms with Crippen LogP contribution in [0.1, 0.15) is 52.0 Å². The minimum absolute atomic E-state index is 0.187. The van der Waals surface area contributed by atoms with Crippen LogP contribution in [0.3, 0.4) is 0 Å². The van der Waals surface area contributed by atoms with Gasteiger partial charge in [0.15, 0.2) is 0 Å². The van der Waals surface area contributed by atoms with Crippen molar-refractivity contribution < 1.29 is 0 Å². The number of nitrogens with one attached hydrogen (secondary N) is 1. The predicted octanol–water partition coefficient (Wildman–Crippen LogP) is 4.86. The first-order valence-electron chi connectivity index (χ1n) is 7.50. The Hall–Kier alpha value is -0.470. The van der Waals surface area contributed by atoms with E-state index in [2.05, 4.69) is 50.4 Å². The Labute approximate surface area is 122 Å². The van der Waals surface area contributed by atoms with Crippen LogP contribution in [-0.4, -0.2) is 11.3 Å². The summed E-state index contributed by atoms with van der Waals surface area (Å²) >= 11 is 2.04. The Bertz CT molecular complexity index is 388. The van der Waals surface area contributed by atoms with Crippen LogP contribution in [0, 0.1) is 5.92 Å². The summed E-state index contributed by atoms with van der Waals surface area (Å²) in [6.45, 7) is 7.60. The fourth-order valence-electron chi connectivity index (χ4n) is 2.50. The zero-order valence-electron chi connectivity index (χ0n) is 12.5. The smallest absolute Gasteiger partial charge is 0.0210 e. The van der Waals surface area contributed by atoms with E-state index in [0.29, 0.717) is 0 Å². The van der Waals surface area contributed by atoms with Crippen molar-refractivity contribution in [2.45, 2.75) is 63.4 Å². The number of thioether (sulfide) groups is 1. The predicted molar refractivity (Wildman–Crippen MR) is 85.7 cm³/mol. The van der Waals surface area contributed by atoms with Gasteiger partial charge in [-0.05, 0) is 57.2 Å². The molecule has 1 aromatic rings. The van der Waals surface area contributed by atoms with Crippen LogP contribution in [0.25, 0.3) is 0 Å². The molecule has 0 unspecified atom stereocenters. The highest BCUT2D eigenvalue weighted by Crippen LogP contribution is 2.31. The van der Waals surface area contributed by atoms with E-state index in [1.165, 1.54) is 41.9 Å². The third-order valence-corrected chi connectivity index (χ3v) is 4.91. The van der Waals surface area contributed by atoms with Gasteiger partial charge in [0.25, 0.3) is 0 Å². The standard InChI is InChI=1S/C17H27NS/c1-17(2,3)18-12-15-9-6-10-16(11-15)19-13-14-7-4-5-8-14/h6,9-11,14,18H,4-5,7-8,12-13H2,1-3H3. The Morgan fingerprint density at radius 2 is 1.95 bits per heavy atom. The van der Waals surface area contributed by atoms with Crippen molar-refractivity contribution in [2.75, 3.05) is 5.75 Å². The van der Waals surface area contributed by atoms with Gasteiger partial charge in [0, 0.05) is 22.7 Å². The molecule has 2 rings (SSSR count). The van der Waals surface area contributed by atoms with E-state index >= 15 is 0 Å². The van der Waals surface area contributed by atoms with Crippen LogP contribution < -0.4 is 5.32 Å². The van der Waals surface area contributed by atoms with Gasteiger partial charge in [0.2, 0.25) is 0 Å². The molecule has 1 aliphatic rings. The van der Waals surface area contributed by atoms with E-state index in [-0.39, 0.29) is 5.54 Å². The Kier molecular flexibility index (Phi) is 5.35. The second kappa shape index (κ2) is 6.81. The molecule has 1 fully saturated rings. The van der Waals surface area contributed by atoms with Gasteiger partial charge in [0.05, 0.1) is 0 Å². The average molecular weight is 277 g/mol. The quantitative estimate of drug-likeness (QED) is 0.772. The summed E-state index contributed by atoms with van der Waals surface area (Å²) in [6.07, 6.45) is 5.78. The van der Waals surface area contributed by atoms with Crippen molar-refractivity contribution >= 4 is 11.8 Å². The van der Waals surface area contributed by atoms with Crippen molar-refractivity contribution in [1.82, 2.24) is 5.32 Å². The third kappa shape index (κ3) is 5.58. The molecule has 0 bridgehead atoms. The number of hydrogen-bond donors (Lipinski definition) is 1. The molecule has 0 spiro atoms. The van der Waals surface area contributed by atoms with E-state index in [1.807, 2.05) is 11.8 Å². The van der Waals surface area contributed by atoms with Gasteiger partial charge < -0.3 is 5.32 Å². The summed E-state index contributed by atoms with van der Waals surface area (Å²) in [5, 5.41) is 3.55. The van der Waals surface area contributed by atoms with Crippen molar-refractivity contribution in [1.29, 1.82) is 0 Å². The van der Waals surface area contributed by atoms with Crippen molar-refractivity contribution in [3.63, 3.8) is 0 Å². The Morgan fingerprint density at radius 3 is 2.63 bits per heavy atom. The SMILES string of the molecule is CC(C)(C)NCc1cccc(SCC2CCCC2)c1. The van der Waals surface area contributed by atoms with Crippen LogP contribution in [0.4, 0.5) is 0 Å². The van der Waals surface area contributed by atoms with E-state index < -0.39 is 0 Å². The molecule has 0 saturated heterocycles. The second-order valence-corrected chi connectivity index (χ2v) is 7.81. The summed E-state index contributed by atoms with van der Waals surface area (Å²) in [4.78, 5) is 1.43. The summed E-state index contributed by atoms with van der Waals surface area (Å²) in [5.41, 5.74) is 1.58. The third-order valence-electron chi connectivity index (χ3n) is 3.68. The summed E-state index contributed by atoms with van der Waals surface area (Å²) in [5.74, 6) is 2.26. The normalized spacial score (nSPS) is 17.0. The molecule has 0 amide bonds. The maximum absolute atomic E-state index is 3.55. The minimum atomic E-state index is 0.187. The Morgan fingerprint density at radius 1 is 1.21 bits per heavy atom. The largest absolute Gasteiger partial charge is 0.308 e. The average Bonchev–Trinajstić information content (AvgIpc) is 2.87. The maximum Gasteiger partial charge on any atom is 0.0210 e. The molecule has 1 saturated carbocycles. The number of benzene rings is 1. The molecule has 1 N–H and O–H groups in total. The summed E-state index contributed by atoms with van der Waals surface area (Å²) in [7, 11) is 0. The monoisotopic (exact) mass is 277 g/mol. The topological polar surface area (TPSA) is 12.0 Å². The molecule has 0 aromatic heterocycles. The molecule has 1 nitrogen and oxygen atoms in total. The molecule has 19 heavy (non-hydrogen) atoms. The molecule has 106 valence electrons. The molecule has 1 aliphatic carbocycles. The molecular weight excluding hydrogens is 250 g/mol. The fourth-order valence-corrected chi connectivity index (χ4v) is 3.67. The highest BCUT2D eigenvalue weighted by molar-refractivity contribution is 7.99. The first-order valence-corrected chi connectivity index (χ1v) is 8.48. The van der Waals surface area contributed by atoms with Gasteiger partial charge in [-0.3, -0.25) is 0 Å². The highest BCUT2D eigenvalue weighted by atomic mass is 32.2. The zero-order chi connectivity index (χ0) is 13.7. The van der Waals surface area contributed by atoms with Gasteiger partial charge in [-0.15, -0.1) is 11.8 Å². The summed E-state index contributed by atoms with van der Waals surface area (Å²) in [6, 6.07) is 9.01. The first kappa shape index (κ1) is 14.9. The van der Waals surface area contributed by atoms with Crippen molar-refractivity contribution in [2.24, 2.45) is 5.92 Å². The van der Waals surface area contributed by atoms with Gasteiger partial charge in [0.1, 0.15) is 0 Å². The highest BCUT2D eigenvalue weighted by Gasteiger charge is 2.15. The maximum atomic E-state index is 3.55. The molecule has 0 radical (unpaired) electrons. The lowest BCUT2D eigenvalue weighted by atomic mass is 10.1. The lowest BCUT2D eigenvalue weighted by Gasteiger charge is -2.20. The second-order valence-electron chi connectivity index (χ2n) is 6.71. The van der Waals surface area contributed by atoms with Crippen molar-refractivity contribution in [3.05, 3.63) is 29.8 Å². The first-order chi connectivity index (χ1) is 9.03. The summed E-state index contributed by atoms with van der Waals surface area (Å²) < 4.78 is 0.